The van der Waals surface area contributed by atoms with E-state index in [4.69, 9.17) is 5.11 Å². The second-order valence-corrected chi connectivity index (χ2v) is 4.02. The zero-order valence-corrected chi connectivity index (χ0v) is 8.47. The summed E-state index contributed by atoms with van der Waals surface area (Å²) >= 11 is 1.57. The summed E-state index contributed by atoms with van der Waals surface area (Å²) in [6.07, 6.45) is 1.29. The summed E-state index contributed by atoms with van der Waals surface area (Å²) in [5.74, 6) is -0.633. The molecule has 2 nitrogen and oxygen atoms in total. The van der Waals surface area contributed by atoms with Crippen LogP contribution in [0.1, 0.15) is 18.7 Å². The van der Waals surface area contributed by atoms with Crippen LogP contribution in [0.15, 0.2) is 23.6 Å². The predicted octanol–water partition coefficient (Wildman–Crippen LogP) is 2.87. The van der Waals surface area contributed by atoms with Gasteiger partial charge in [0.2, 0.25) is 0 Å². The number of hydrogen-bond acceptors (Lipinski definition) is 2. The highest BCUT2D eigenvalue weighted by molar-refractivity contribution is 7.11. The maximum absolute atomic E-state index is 10.5. The van der Waals surface area contributed by atoms with E-state index in [1.165, 1.54) is 6.08 Å². The summed E-state index contributed by atoms with van der Waals surface area (Å²) in [4.78, 5) is 11.6. The second-order valence-electron chi connectivity index (χ2n) is 3.07. The Bertz CT molecular complexity index is 310. The van der Waals surface area contributed by atoms with Crippen LogP contribution in [-0.4, -0.2) is 11.1 Å². The van der Waals surface area contributed by atoms with Crippen LogP contribution in [-0.2, 0) is 4.79 Å². The average molecular weight is 196 g/mol. The summed E-state index contributed by atoms with van der Waals surface area (Å²) in [5, 5.41) is 10.6. The fourth-order valence-corrected chi connectivity index (χ4v) is 1.99. The number of carbonyl (C=O) groups is 1. The minimum atomic E-state index is -0.878. The SMILES string of the molecule is CC(C)/C(=C/C(=O)O)c1cccs1. The number of aliphatic carboxylic acids is 1. The van der Waals surface area contributed by atoms with Gasteiger partial charge in [-0.3, -0.25) is 0 Å². The zero-order chi connectivity index (χ0) is 9.84. The van der Waals surface area contributed by atoms with Crippen molar-refractivity contribution in [1.29, 1.82) is 0 Å². The molecule has 1 aromatic heterocycles. The van der Waals surface area contributed by atoms with E-state index in [0.29, 0.717) is 0 Å². The van der Waals surface area contributed by atoms with E-state index in [1.807, 2.05) is 31.4 Å². The third-order valence-corrected chi connectivity index (χ3v) is 2.63. The highest BCUT2D eigenvalue weighted by Gasteiger charge is 2.08. The van der Waals surface area contributed by atoms with Gasteiger partial charge in [-0.1, -0.05) is 19.9 Å². The lowest BCUT2D eigenvalue weighted by Crippen LogP contribution is -1.96. The first kappa shape index (κ1) is 9.99. The van der Waals surface area contributed by atoms with Gasteiger partial charge in [0.15, 0.2) is 0 Å². The van der Waals surface area contributed by atoms with Gasteiger partial charge >= 0.3 is 5.97 Å². The number of thiophene rings is 1. The van der Waals surface area contributed by atoms with Gasteiger partial charge in [0.25, 0.3) is 0 Å². The third-order valence-electron chi connectivity index (χ3n) is 1.71. The molecule has 0 saturated carbocycles. The fourth-order valence-electron chi connectivity index (χ4n) is 1.10. The molecule has 1 N–H and O–H groups in total. The van der Waals surface area contributed by atoms with Gasteiger partial charge in [-0.25, -0.2) is 4.79 Å². The molecular formula is C10H12O2S. The molecule has 0 aliphatic rings. The van der Waals surface area contributed by atoms with Gasteiger partial charge in [-0.2, -0.15) is 0 Å². The molecule has 0 unspecified atom stereocenters. The average Bonchev–Trinajstić information content (AvgIpc) is 2.50. The van der Waals surface area contributed by atoms with Crippen LogP contribution in [0.5, 0.6) is 0 Å². The summed E-state index contributed by atoms with van der Waals surface area (Å²) in [7, 11) is 0. The van der Waals surface area contributed by atoms with Crippen LogP contribution in [0, 0.1) is 5.92 Å². The van der Waals surface area contributed by atoms with Crippen molar-refractivity contribution in [3.05, 3.63) is 28.5 Å². The molecule has 0 saturated heterocycles. The monoisotopic (exact) mass is 196 g/mol. The Labute approximate surface area is 81.5 Å². The molecule has 0 amide bonds. The lowest BCUT2D eigenvalue weighted by atomic mass is 10.0. The third kappa shape index (κ3) is 2.70. The Morgan fingerprint density at radius 3 is 2.69 bits per heavy atom. The Morgan fingerprint density at radius 2 is 2.31 bits per heavy atom. The molecule has 0 radical (unpaired) electrons. The first-order valence-corrected chi connectivity index (χ1v) is 4.97. The fraction of sp³-hybridized carbons (Fsp3) is 0.300. The summed E-state index contributed by atoms with van der Waals surface area (Å²) in [6.45, 7) is 3.99. The zero-order valence-electron chi connectivity index (χ0n) is 7.65. The topological polar surface area (TPSA) is 37.3 Å². The number of allylic oxidation sites excluding steroid dienone is 1. The Hall–Kier alpha value is -1.09. The maximum atomic E-state index is 10.5. The van der Waals surface area contributed by atoms with Crippen molar-refractivity contribution in [3.8, 4) is 0 Å². The molecule has 70 valence electrons. The highest BCUT2D eigenvalue weighted by Crippen LogP contribution is 2.26. The number of rotatable bonds is 3. The van der Waals surface area contributed by atoms with E-state index < -0.39 is 5.97 Å². The number of hydrogen-bond donors (Lipinski definition) is 1. The van der Waals surface area contributed by atoms with Crippen LogP contribution < -0.4 is 0 Å². The van der Waals surface area contributed by atoms with E-state index in [0.717, 1.165) is 10.5 Å². The van der Waals surface area contributed by atoms with Gasteiger partial charge in [-0.05, 0) is 22.9 Å². The number of carboxylic acid groups (broad SMARTS) is 1. The van der Waals surface area contributed by atoms with Gasteiger partial charge in [0, 0.05) is 11.0 Å². The van der Waals surface area contributed by atoms with Crippen molar-refractivity contribution in [2.45, 2.75) is 13.8 Å². The molecule has 0 aliphatic heterocycles. The number of carboxylic acids is 1. The standard InChI is InChI=1S/C10H12O2S/c1-7(2)8(6-10(11)12)9-4-3-5-13-9/h3-7H,1-2H3,(H,11,12)/b8-6-. The molecule has 0 fully saturated rings. The van der Waals surface area contributed by atoms with E-state index in [9.17, 15) is 4.79 Å². The lowest BCUT2D eigenvalue weighted by molar-refractivity contribution is -0.131. The first-order valence-electron chi connectivity index (χ1n) is 4.09. The summed E-state index contributed by atoms with van der Waals surface area (Å²) < 4.78 is 0. The second kappa shape index (κ2) is 4.23. The Morgan fingerprint density at radius 1 is 1.62 bits per heavy atom. The minimum absolute atomic E-state index is 0.245. The molecule has 1 rings (SSSR count). The Kier molecular flexibility index (Phi) is 3.25. The van der Waals surface area contributed by atoms with E-state index in [1.54, 1.807) is 11.3 Å². The van der Waals surface area contributed by atoms with Crippen LogP contribution in [0.4, 0.5) is 0 Å². The molecule has 13 heavy (non-hydrogen) atoms. The van der Waals surface area contributed by atoms with Gasteiger partial charge in [-0.15, -0.1) is 11.3 Å². The molecular weight excluding hydrogens is 184 g/mol. The smallest absolute Gasteiger partial charge is 0.328 e. The molecule has 1 heterocycles. The van der Waals surface area contributed by atoms with E-state index in [-0.39, 0.29) is 5.92 Å². The molecule has 0 bridgehead atoms. The molecule has 0 aliphatic carbocycles. The molecule has 1 aromatic rings. The normalized spacial score (nSPS) is 12.1. The predicted molar refractivity (Wildman–Crippen MR) is 54.8 cm³/mol. The quantitative estimate of drug-likeness (QED) is 0.755. The van der Waals surface area contributed by atoms with Crippen molar-refractivity contribution in [2.75, 3.05) is 0 Å². The van der Waals surface area contributed by atoms with Gasteiger partial charge < -0.3 is 5.11 Å². The van der Waals surface area contributed by atoms with Crippen LogP contribution in [0.3, 0.4) is 0 Å². The minimum Gasteiger partial charge on any atom is -0.478 e. The van der Waals surface area contributed by atoms with Gasteiger partial charge in [0.1, 0.15) is 0 Å². The van der Waals surface area contributed by atoms with Gasteiger partial charge in [0.05, 0.1) is 0 Å². The summed E-state index contributed by atoms with van der Waals surface area (Å²) in [6, 6.07) is 3.87. The van der Waals surface area contributed by atoms with Crippen molar-refractivity contribution in [3.63, 3.8) is 0 Å². The van der Waals surface area contributed by atoms with Crippen molar-refractivity contribution in [1.82, 2.24) is 0 Å². The lowest BCUT2D eigenvalue weighted by Gasteiger charge is -2.07. The summed E-state index contributed by atoms with van der Waals surface area (Å²) in [5.41, 5.74) is 0.891. The van der Waals surface area contributed by atoms with Crippen molar-refractivity contribution >= 4 is 22.9 Å². The van der Waals surface area contributed by atoms with Crippen LogP contribution in [0.25, 0.3) is 5.57 Å². The van der Waals surface area contributed by atoms with Crippen LogP contribution >= 0.6 is 11.3 Å². The van der Waals surface area contributed by atoms with Crippen molar-refractivity contribution < 1.29 is 9.90 Å². The molecule has 3 heteroatoms. The molecule has 0 aromatic carbocycles. The van der Waals surface area contributed by atoms with Crippen molar-refractivity contribution in [2.24, 2.45) is 5.92 Å². The van der Waals surface area contributed by atoms with E-state index in [2.05, 4.69) is 0 Å². The van der Waals surface area contributed by atoms with Crippen LogP contribution in [0.2, 0.25) is 0 Å². The van der Waals surface area contributed by atoms with E-state index >= 15 is 0 Å². The molecule has 0 spiro atoms. The highest BCUT2D eigenvalue weighted by atomic mass is 32.1. The largest absolute Gasteiger partial charge is 0.478 e. The Balaban J connectivity index is 3.00. The molecule has 0 atom stereocenters. The maximum Gasteiger partial charge on any atom is 0.328 e. The first-order chi connectivity index (χ1) is 6.11.